The summed E-state index contributed by atoms with van der Waals surface area (Å²) in [6.45, 7) is 12.1. The van der Waals surface area contributed by atoms with E-state index in [1.54, 1.807) is 0 Å². The van der Waals surface area contributed by atoms with Crippen LogP contribution in [0.1, 0.15) is 41.5 Å². The van der Waals surface area contributed by atoms with Crippen molar-refractivity contribution in [1.82, 2.24) is 0 Å². The van der Waals surface area contributed by atoms with Crippen molar-refractivity contribution in [3.63, 3.8) is 0 Å². The molecule has 22 heavy (non-hydrogen) atoms. The van der Waals surface area contributed by atoms with Gasteiger partial charge in [-0.3, -0.25) is 0 Å². The molecule has 1 saturated heterocycles. The van der Waals surface area contributed by atoms with Crippen molar-refractivity contribution >= 4 is 0 Å². The Morgan fingerprint density at radius 2 is 2.00 bits per heavy atom. The smallest absolute Gasteiger partial charge is 0.163 e. The molecule has 0 aromatic carbocycles. The first-order chi connectivity index (χ1) is 10.2. The highest BCUT2D eigenvalue weighted by Gasteiger charge is 2.42. The maximum Gasteiger partial charge on any atom is 0.163 e. The fourth-order valence-electron chi connectivity index (χ4n) is 2.96. The van der Waals surface area contributed by atoms with Crippen molar-refractivity contribution < 1.29 is 19.7 Å². The van der Waals surface area contributed by atoms with Crippen molar-refractivity contribution in [2.75, 3.05) is 13.2 Å². The van der Waals surface area contributed by atoms with Gasteiger partial charge in [0.05, 0.1) is 18.8 Å². The van der Waals surface area contributed by atoms with E-state index < -0.39 is 11.9 Å². The van der Waals surface area contributed by atoms with Crippen LogP contribution in [0.2, 0.25) is 0 Å². The van der Waals surface area contributed by atoms with Gasteiger partial charge in [0, 0.05) is 18.4 Å². The molecule has 128 valence electrons. The average molecular weight is 312 g/mol. The molecule has 0 radical (unpaired) electrons. The SMILES string of the molecule is C/C=C\[C@H](C)/C=C(/C)[C@@H](O)[C@H]1COC(C)(C)O[C@@H]1[C@H](C)CO. The fourth-order valence-corrected chi connectivity index (χ4v) is 2.96. The van der Waals surface area contributed by atoms with Crippen molar-refractivity contribution in [2.45, 2.75) is 59.5 Å². The second-order valence-electron chi connectivity index (χ2n) is 6.86. The highest BCUT2D eigenvalue weighted by atomic mass is 16.7. The first-order valence-corrected chi connectivity index (χ1v) is 8.13. The summed E-state index contributed by atoms with van der Waals surface area (Å²) in [7, 11) is 0. The summed E-state index contributed by atoms with van der Waals surface area (Å²) in [6.07, 6.45) is 5.28. The summed E-state index contributed by atoms with van der Waals surface area (Å²) >= 11 is 0. The molecular formula is C18H32O4. The van der Waals surface area contributed by atoms with Crippen molar-refractivity contribution in [3.05, 3.63) is 23.8 Å². The average Bonchev–Trinajstić information content (AvgIpc) is 2.44. The van der Waals surface area contributed by atoms with Crippen LogP contribution in [0.3, 0.4) is 0 Å². The molecule has 1 rings (SSSR count). The largest absolute Gasteiger partial charge is 0.396 e. The van der Waals surface area contributed by atoms with Crippen LogP contribution in [-0.2, 0) is 9.47 Å². The Balaban J connectivity index is 2.91. The standard InChI is InChI=1S/C18H32O4/c1-7-8-12(2)9-13(3)16(20)15-11-21-18(5,6)22-17(15)14(4)10-19/h7-9,12,14-17,19-20H,10-11H2,1-6H3/b8-7-,13-9-/t12-,14+,15+,16+,17+/m0/s1. The predicted octanol–water partition coefficient (Wildman–Crippen LogP) is 2.90. The van der Waals surface area contributed by atoms with Crippen LogP contribution in [-0.4, -0.2) is 41.4 Å². The molecule has 1 aliphatic heterocycles. The monoisotopic (exact) mass is 312 g/mol. The number of aliphatic hydroxyl groups is 2. The molecule has 0 amide bonds. The number of allylic oxidation sites excluding steroid dienone is 3. The summed E-state index contributed by atoms with van der Waals surface area (Å²) in [5.74, 6) is -0.636. The Bertz CT molecular complexity index is 400. The van der Waals surface area contributed by atoms with E-state index >= 15 is 0 Å². The van der Waals surface area contributed by atoms with Crippen LogP contribution >= 0.6 is 0 Å². The highest BCUT2D eigenvalue weighted by Crippen LogP contribution is 2.34. The lowest BCUT2D eigenvalue weighted by Crippen LogP contribution is -2.52. The molecule has 2 N–H and O–H groups in total. The fraction of sp³-hybridized carbons (Fsp3) is 0.778. The third kappa shape index (κ3) is 5.20. The van der Waals surface area contributed by atoms with Crippen LogP contribution in [0.25, 0.3) is 0 Å². The first kappa shape index (κ1) is 19.4. The molecule has 0 saturated carbocycles. The first-order valence-electron chi connectivity index (χ1n) is 8.13. The van der Waals surface area contributed by atoms with Crippen LogP contribution in [0.5, 0.6) is 0 Å². The number of hydrogen-bond donors (Lipinski definition) is 2. The minimum atomic E-state index is -0.680. The molecule has 5 atom stereocenters. The Morgan fingerprint density at radius 1 is 1.36 bits per heavy atom. The van der Waals surface area contributed by atoms with Gasteiger partial charge in [-0.15, -0.1) is 0 Å². The summed E-state index contributed by atoms with van der Waals surface area (Å²) in [5.41, 5.74) is 0.914. The maximum absolute atomic E-state index is 10.7. The van der Waals surface area contributed by atoms with Crippen LogP contribution in [0.15, 0.2) is 23.8 Å². The van der Waals surface area contributed by atoms with Gasteiger partial charge in [-0.2, -0.15) is 0 Å². The van der Waals surface area contributed by atoms with Crippen LogP contribution < -0.4 is 0 Å². The molecule has 0 aliphatic carbocycles. The highest BCUT2D eigenvalue weighted by molar-refractivity contribution is 5.12. The normalized spacial score (nSPS) is 30.3. The zero-order valence-corrected chi connectivity index (χ0v) is 14.7. The van der Waals surface area contributed by atoms with Gasteiger partial charge < -0.3 is 19.7 Å². The van der Waals surface area contributed by atoms with Gasteiger partial charge in [0.1, 0.15) is 0 Å². The second-order valence-corrected chi connectivity index (χ2v) is 6.86. The maximum atomic E-state index is 10.7. The van der Waals surface area contributed by atoms with Gasteiger partial charge in [-0.05, 0) is 39.2 Å². The Hall–Kier alpha value is -0.680. The lowest BCUT2D eigenvalue weighted by atomic mass is 9.84. The number of aliphatic hydroxyl groups excluding tert-OH is 2. The second kappa shape index (κ2) is 8.25. The zero-order valence-electron chi connectivity index (χ0n) is 14.7. The van der Waals surface area contributed by atoms with E-state index in [4.69, 9.17) is 9.47 Å². The van der Waals surface area contributed by atoms with Crippen LogP contribution in [0.4, 0.5) is 0 Å². The third-order valence-electron chi connectivity index (χ3n) is 4.21. The van der Waals surface area contributed by atoms with E-state index in [-0.39, 0.29) is 30.5 Å². The summed E-state index contributed by atoms with van der Waals surface area (Å²) in [4.78, 5) is 0. The van der Waals surface area contributed by atoms with Gasteiger partial charge in [-0.1, -0.05) is 32.1 Å². The van der Waals surface area contributed by atoms with Gasteiger partial charge in [-0.25, -0.2) is 0 Å². The topological polar surface area (TPSA) is 58.9 Å². The van der Waals surface area contributed by atoms with E-state index in [0.29, 0.717) is 6.61 Å². The van der Waals surface area contributed by atoms with E-state index in [1.165, 1.54) is 0 Å². The zero-order chi connectivity index (χ0) is 16.9. The molecule has 0 aromatic heterocycles. The molecule has 4 heteroatoms. The molecule has 1 heterocycles. The van der Waals surface area contributed by atoms with Crippen molar-refractivity contribution in [3.8, 4) is 0 Å². The minimum absolute atomic E-state index is 0.0295. The van der Waals surface area contributed by atoms with Gasteiger partial charge >= 0.3 is 0 Å². The van der Waals surface area contributed by atoms with Gasteiger partial charge in [0.25, 0.3) is 0 Å². The summed E-state index contributed by atoms with van der Waals surface area (Å²) < 4.78 is 11.7. The molecule has 1 fully saturated rings. The molecule has 0 aromatic rings. The Morgan fingerprint density at radius 3 is 2.55 bits per heavy atom. The molecule has 4 nitrogen and oxygen atoms in total. The quantitative estimate of drug-likeness (QED) is 0.740. The predicted molar refractivity (Wildman–Crippen MR) is 88.4 cm³/mol. The van der Waals surface area contributed by atoms with Gasteiger partial charge in [0.2, 0.25) is 0 Å². The lowest BCUT2D eigenvalue weighted by molar-refractivity contribution is -0.310. The molecule has 0 bridgehead atoms. The van der Waals surface area contributed by atoms with Crippen molar-refractivity contribution in [2.24, 2.45) is 17.8 Å². The van der Waals surface area contributed by atoms with E-state index in [9.17, 15) is 10.2 Å². The summed E-state index contributed by atoms with van der Waals surface area (Å²) in [6, 6.07) is 0. The summed E-state index contributed by atoms with van der Waals surface area (Å²) in [5, 5.41) is 20.2. The third-order valence-corrected chi connectivity index (χ3v) is 4.21. The molecule has 0 spiro atoms. The Kier molecular flexibility index (Phi) is 7.26. The number of hydrogen-bond acceptors (Lipinski definition) is 4. The van der Waals surface area contributed by atoms with E-state index in [0.717, 1.165) is 5.57 Å². The lowest BCUT2D eigenvalue weighted by Gasteiger charge is -2.45. The van der Waals surface area contributed by atoms with Crippen LogP contribution in [0, 0.1) is 17.8 Å². The van der Waals surface area contributed by atoms with Gasteiger partial charge in [0.15, 0.2) is 5.79 Å². The Labute approximate surface area is 134 Å². The number of ether oxygens (including phenoxy) is 2. The minimum Gasteiger partial charge on any atom is -0.396 e. The molecular weight excluding hydrogens is 280 g/mol. The van der Waals surface area contributed by atoms with E-state index in [2.05, 4.69) is 19.1 Å². The van der Waals surface area contributed by atoms with Crippen molar-refractivity contribution in [1.29, 1.82) is 0 Å². The molecule has 0 unspecified atom stereocenters. The molecule has 1 aliphatic rings. The van der Waals surface area contributed by atoms with E-state index in [1.807, 2.05) is 40.7 Å². The number of rotatable bonds is 6.